The molecule has 92 valence electrons. The van der Waals surface area contributed by atoms with Gasteiger partial charge in [0.15, 0.2) is 6.29 Å². The highest BCUT2D eigenvalue weighted by Gasteiger charge is 2.65. The van der Waals surface area contributed by atoms with Gasteiger partial charge in [0.05, 0.1) is 10.6 Å². The Labute approximate surface area is 91.4 Å². The Morgan fingerprint density at radius 2 is 1.69 bits per heavy atom. The fourth-order valence-electron chi connectivity index (χ4n) is 0.907. The van der Waals surface area contributed by atoms with Crippen LogP contribution in [0.5, 0.6) is 5.75 Å². The Balaban J connectivity index is 3.64. The van der Waals surface area contributed by atoms with Gasteiger partial charge in [-0.15, -0.1) is 0 Å². The molecule has 2 nitrogen and oxygen atoms in total. The molecule has 0 aliphatic rings. The molecule has 9 heteroatoms. The summed E-state index contributed by atoms with van der Waals surface area (Å²) in [5, 5.41) is 8.03. The molecule has 0 bridgehead atoms. The van der Waals surface area contributed by atoms with Crippen LogP contribution in [-0.4, -0.2) is 11.4 Å². The van der Waals surface area contributed by atoms with Crippen molar-refractivity contribution >= 4 is 28.1 Å². The van der Waals surface area contributed by atoms with Crippen LogP contribution in [-0.2, 0) is 0 Å². The van der Waals surface area contributed by atoms with E-state index in [1.807, 2.05) is 0 Å². The van der Waals surface area contributed by atoms with Gasteiger partial charge in [0.1, 0.15) is 10.6 Å². The predicted octanol–water partition coefficient (Wildman–Crippen LogP) is 4.52. The maximum absolute atomic E-state index is 12.3. The molecule has 0 amide bonds. The summed E-state index contributed by atoms with van der Waals surface area (Å²) < 4.78 is 61.6. The Kier molecular flexibility index (Phi) is 2.29. The van der Waals surface area contributed by atoms with Gasteiger partial charge < -0.3 is 5.11 Å². The van der Waals surface area contributed by atoms with Crippen LogP contribution in [0.2, 0.25) is 5.02 Å². The number of benzene rings is 1. The Morgan fingerprint density at radius 3 is 2.06 bits per heavy atom. The lowest BCUT2D eigenvalue weighted by Gasteiger charge is -2.40. The second kappa shape index (κ2) is 2.80. The number of carbonyl (C=O) groups excluding carboxylic acids is 1. The van der Waals surface area contributed by atoms with Crippen LogP contribution in [0.4, 0.5) is 19.4 Å². The second-order valence-corrected chi connectivity index (χ2v) is 5.75. The van der Waals surface area contributed by atoms with E-state index >= 15 is 0 Å². The number of aromatic hydroxyl groups is 1. The van der Waals surface area contributed by atoms with Crippen molar-refractivity contribution in [2.45, 2.75) is 4.90 Å². The molecule has 1 N–H and O–H groups in total. The maximum atomic E-state index is 12.3. The second-order valence-electron chi connectivity index (χ2n) is 2.93. The number of phenolic OH excluding ortho intramolecular Hbond substituents is 1. The van der Waals surface area contributed by atoms with E-state index < -0.39 is 31.5 Å². The molecule has 0 fully saturated rings. The fourth-order valence-corrected chi connectivity index (χ4v) is 1.89. The quantitative estimate of drug-likeness (QED) is 0.640. The molecule has 1 aromatic rings. The maximum Gasteiger partial charge on any atom is 0.310 e. The molecule has 0 saturated heterocycles. The molecule has 0 aliphatic heterocycles. The molecule has 1 aromatic carbocycles. The van der Waals surface area contributed by atoms with Crippen LogP contribution >= 0.6 is 21.8 Å². The summed E-state index contributed by atoms with van der Waals surface area (Å²) in [6.07, 6.45) is -0.200. The standard InChI is InChI=1S/C7H4ClF5O2S/c8-6-2-5(16(9,10,11,12)13)1-4(3-14)7(6)15/h1-3,15H. The molecule has 0 radical (unpaired) electrons. The van der Waals surface area contributed by atoms with Crippen LogP contribution in [0.15, 0.2) is 17.0 Å². The summed E-state index contributed by atoms with van der Waals surface area (Å²) in [5.41, 5.74) is -0.948. The highest BCUT2D eigenvalue weighted by atomic mass is 35.5. The smallest absolute Gasteiger partial charge is 0.310 e. The monoisotopic (exact) mass is 282 g/mol. The summed E-state index contributed by atoms with van der Waals surface area (Å²) in [7, 11) is -9.89. The first-order valence-corrected chi connectivity index (χ1v) is 5.90. The van der Waals surface area contributed by atoms with Crippen molar-refractivity contribution in [2.75, 3.05) is 0 Å². The highest BCUT2D eigenvalue weighted by Crippen LogP contribution is 3.02. The zero-order valence-corrected chi connectivity index (χ0v) is 8.84. The number of hydrogen-bond acceptors (Lipinski definition) is 2. The minimum Gasteiger partial charge on any atom is -0.506 e. The molecule has 0 atom stereocenters. The first-order valence-electron chi connectivity index (χ1n) is 3.57. The molecule has 0 saturated carbocycles. The summed E-state index contributed by atoms with van der Waals surface area (Å²) in [6.45, 7) is 0. The third-order valence-electron chi connectivity index (χ3n) is 1.64. The highest BCUT2D eigenvalue weighted by molar-refractivity contribution is 8.45. The molecule has 0 aromatic heterocycles. The van der Waals surface area contributed by atoms with Crippen molar-refractivity contribution < 1.29 is 29.3 Å². The summed E-state index contributed by atoms with van der Waals surface area (Å²) in [5.74, 6) is -0.970. The lowest BCUT2D eigenvalue weighted by molar-refractivity contribution is 0.112. The Hall–Kier alpha value is -1.02. The number of hydrogen-bond donors (Lipinski definition) is 1. The molecule has 0 unspecified atom stereocenters. The third kappa shape index (κ3) is 2.56. The van der Waals surface area contributed by atoms with Crippen molar-refractivity contribution in [1.82, 2.24) is 0 Å². The number of halogens is 6. The minimum absolute atomic E-state index is 0.120. The lowest BCUT2D eigenvalue weighted by atomic mass is 10.2. The average Bonchev–Trinajstić information content (AvgIpc) is 2.05. The van der Waals surface area contributed by atoms with Gasteiger partial charge in [0.2, 0.25) is 0 Å². The van der Waals surface area contributed by atoms with Gasteiger partial charge >= 0.3 is 10.2 Å². The SMILES string of the molecule is O=Cc1cc(S(F)(F)(F)(F)F)cc(Cl)c1O. The number of rotatable bonds is 2. The van der Waals surface area contributed by atoms with Crippen LogP contribution in [0.25, 0.3) is 0 Å². The number of aldehydes is 1. The van der Waals surface area contributed by atoms with E-state index in [0.717, 1.165) is 0 Å². The van der Waals surface area contributed by atoms with E-state index in [4.69, 9.17) is 16.7 Å². The number of phenols is 1. The summed E-state index contributed by atoms with van der Waals surface area (Å²) >= 11 is 5.10. The normalized spacial score (nSPS) is 16.4. The first kappa shape index (κ1) is 13.0. The van der Waals surface area contributed by atoms with Crippen molar-refractivity contribution in [3.63, 3.8) is 0 Å². The summed E-state index contributed by atoms with van der Waals surface area (Å²) in [6, 6.07) is -0.263. The van der Waals surface area contributed by atoms with Crippen LogP contribution < -0.4 is 0 Å². The predicted molar refractivity (Wildman–Crippen MR) is 49.9 cm³/mol. The van der Waals surface area contributed by atoms with Gasteiger partial charge in [-0.05, 0) is 12.1 Å². The van der Waals surface area contributed by atoms with E-state index in [9.17, 15) is 24.2 Å². The van der Waals surface area contributed by atoms with Crippen LogP contribution in [0, 0.1) is 0 Å². The number of carbonyl (C=O) groups is 1. The molecule has 0 spiro atoms. The van der Waals surface area contributed by atoms with Gasteiger partial charge in [0.25, 0.3) is 0 Å². The average molecular weight is 283 g/mol. The largest absolute Gasteiger partial charge is 0.506 e. The lowest BCUT2D eigenvalue weighted by Crippen LogP contribution is -2.06. The van der Waals surface area contributed by atoms with Gasteiger partial charge in [-0.25, -0.2) is 0 Å². The molecule has 16 heavy (non-hydrogen) atoms. The van der Waals surface area contributed by atoms with Crippen molar-refractivity contribution in [3.8, 4) is 5.75 Å². The van der Waals surface area contributed by atoms with E-state index in [1.54, 1.807) is 0 Å². The zero-order chi connectivity index (χ0) is 12.8. The van der Waals surface area contributed by atoms with E-state index in [1.165, 1.54) is 0 Å². The molecule has 1 rings (SSSR count). The van der Waals surface area contributed by atoms with Gasteiger partial charge in [-0.2, -0.15) is 0 Å². The molecular formula is C7H4ClF5O2S. The Bertz CT molecular complexity index is 469. The first-order chi connectivity index (χ1) is 6.85. The van der Waals surface area contributed by atoms with Gasteiger partial charge in [-0.1, -0.05) is 31.0 Å². The fraction of sp³-hybridized carbons (Fsp3) is 0. The molecular weight excluding hydrogens is 279 g/mol. The summed E-state index contributed by atoms with van der Waals surface area (Å²) in [4.78, 5) is 7.93. The van der Waals surface area contributed by atoms with Crippen LogP contribution in [0.1, 0.15) is 10.4 Å². The van der Waals surface area contributed by atoms with Crippen molar-refractivity contribution in [2.24, 2.45) is 0 Å². The zero-order valence-electron chi connectivity index (χ0n) is 7.26. The van der Waals surface area contributed by atoms with Gasteiger partial charge in [0, 0.05) is 0 Å². The topological polar surface area (TPSA) is 37.3 Å². The Morgan fingerprint density at radius 1 is 1.19 bits per heavy atom. The molecule has 0 heterocycles. The molecule has 0 aliphatic carbocycles. The van der Waals surface area contributed by atoms with Crippen molar-refractivity contribution in [1.29, 1.82) is 0 Å². The van der Waals surface area contributed by atoms with Gasteiger partial charge in [-0.3, -0.25) is 4.79 Å². The minimum atomic E-state index is -9.89. The van der Waals surface area contributed by atoms with Crippen molar-refractivity contribution in [3.05, 3.63) is 22.7 Å². The van der Waals surface area contributed by atoms with E-state index in [2.05, 4.69) is 0 Å². The van der Waals surface area contributed by atoms with E-state index in [0.29, 0.717) is 0 Å². The van der Waals surface area contributed by atoms with E-state index in [-0.39, 0.29) is 18.4 Å². The van der Waals surface area contributed by atoms with Crippen LogP contribution in [0.3, 0.4) is 0 Å². The third-order valence-corrected chi connectivity index (χ3v) is 3.05.